The topological polar surface area (TPSA) is 0 Å². The average Bonchev–Trinajstić information content (AvgIpc) is 1.82. The summed E-state index contributed by atoms with van der Waals surface area (Å²) in [6.07, 6.45) is -7.89. The van der Waals surface area contributed by atoms with Crippen LogP contribution in [0.4, 0.5) is 17.6 Å². The number of hydrogen-bond donors (Lipinski definition) is 0. The van der Waals surface area contributed by atoms with E-state index in [0.717, 1.165) is 0 Å². The fourth-order valence-corrected chi connectivity index (χ4v) is 0.929. The molecule has 0 bridgehead atoms. The molecule has 1 radical (unpaired) electrons. The van der Waals surface area contributed by atoms with Gasteiger partial charge in [-0.3, -0.25) is 0 Å². The Hall–Kier alpha value is -0.280. The molecule has 1 aliphatic carbocycles. The predicted octanol–water partition coefficient (Wildman–Crippen LogP) is 1.95. The largest absolute Gasteiger partial charge is 0.247 e. The maximum Gasteiger partial charge on any atom is 0.163 e. The smallest absolute Gasteiger partial charge is 0.163 e. The zero-order chi connectivity index (χ0) is 7.72. The van der Waals surface area contributed by atoms with Gasteiger partial charge in [-0.25, -0.2) is 17.6 Å². The van der Waals surface area contributed by atoms with Crippen LogP contribution < -0.4 is 0 Å². The minimum absolute atomic E-state index is 0.554. The van der Waals surface area contributed by atoms with Gasteiger partial charge in [0.15, 0.2) is 6.17 Å². The lowest BCUT2D eigenvalue weighted by molar-refractivity contribution is 0.0418. The lowest BCUT2D eigenvalue weighted by Crippen LogP contribution is -2.38. The molecule has 0 N–H and O–H groups in total. The highest BCUT2D eigenvalue weighted by atomic mass is 19.2. The average molecular weight is 155 g/mol. The van der Waals surface area contributed by atoms with Gasteiger partial charge in [0, 0.05) is 12.8 Å². The van der Waals surface area contributed by atoms with E-state index in [2.05, 4.69) is 0 Å². The molecule has 0 aromatic rings. The molecule has 0 heterocycles. The summed E-state index contributed by atoms with van der Waals surface area (Å²) >= 11 is 0. The van der Waals surface area contributed by atoms with Crippen molar-refractivity contribution < 1.29 is 17.6 Å². The first-order valence-corrected chi connectivity index (χ1v) is 3.02. The van der Waals surface area contributed by atoms with Crippen molar-refractivity contribution in [2.24, 2.45) is 0 Å². The summed E-state index contributed by atoms with van der Waals surface area (Å²) in [6, 6.07) is 0. The Morgan fingerprint density at radius 2 is 1.70 bits per heavy atom. The summed E-state index contributed by atoms with van der Waals surface area (Å²) in [7, 11) is 0. The maximum atomic E-state index is 12.2. The molecule has 0 aromatic carbocycles. The highest BCUT2D eigenvalue weighted by Crippen LogP contribution is 2.27. The van der Waals surface area contributed by atoms with E-state index in [9.17, 15) is 17.6 Å². The van der Waals surface area contributed by atoms with Crippen molar-refractivity contribution >= 4 is 0 Å². The van der Waals surface area contributed by atoms with Crippen molar-refractivity contribution in [2.75, 3.05) is 0 Å². The number of halogens is 4. The van der Waals surface area contributed by atoms with E-state index in [1.807, 2.05) is 0 Å². The molecule has 4 heteroatoms. The quantitative estimate of drug-likeness (QED) is 0.469. The third kappa shape index (κ3) is 1.41. The Balaban J connectivity index is 2.49. The molecule has 1 rings (SSSR count). The van der Waals surface area contributed by atoms with Gasteiger partial charge in [0.05, 0.1) is 0 Å². The molecule has 0 spiro atoms. The summed E-state index contributed by atoms with van der Waals surface area (Å²) in [6.45, 7) is 0. The standard InChI is InChI=1S/C6H7F4/c7-3-1-4(8)6(10)5(9)2-3/h1,3-6H,2H2. The molecule has 0 aromatic heterocycles. The second-order valence-corrected chi connectivity index (χ2v) is 2.35. The van der Waals surface area contributed by atoms with Gasteiger partial charge >= 0.3 is 0 Å². The molecule has 10 heavy (non-hydrogen) atoms. The lowest BCUT2D eigenvalue weighted by Gasteiger charge is -2.25. The lowest BCUT2D eigenvalue weighted by atomic mass is 9.94. The van der Waals surface area contributed by atoms with E-state index in [4.69, 9.17) is 0 Å². The molecule has 0 aliphatic heterocycles. The van der Waals surface area contributed by atoms with Crippen LogP contribution in [-0.4, -0.2) is 24.7 Å². The summed E-state index contributed by atoms with van der Waals surface area (Å²) in [5.74, 6) is 0. The molecular weight excluding hydrogens is 148 g/mol. The third-order valence-corrected chi connectivity index (χ3v) is 1.49. The molecule has 1 aliphatic rings. The Kier molecular flexibility index (Phi) is 2.16. The Labute approximate surface area is 56.2 Å². The van der Waals surface area contributed by atoms with Crippen molar-refractivity contribution in [2.45, 2.75) is 31.1 Å². The minimum Gasteiger partial charge on any atom is -0.247 e. The number of rotatable bonds is 0. The molecule has 0 amide bonds. The van der Waals surface area contributed by atoms with Crippen molar-refractivity contribution in [3.8, 4) is 0 Å². The van der Waals surface area contributed by atoms with Crippen molar-refractivity contribution in [3.05, 3.63) is 6.42 Å². The Morgan fingerprint density at radius 1 is 1.10 bits per heavy atom. The third-order valence-electron chi connectivity index (χ3n) is 1.49. The van der Waals surface area contributed by atoms with Crippen LogP contribution >= 0.6 is 0 Å². The molecule has 1 fully saturated rings. The SMILES string of the molecule is FC1[CH]C(F)C(F)C(F)C1. The van der Waals surface area contributed by atoms with E-state index < -0.39 is 31.1 Å². The van der Waals surface area contributed by atoms with E-state index >= 15 is 0 Å². The first kappa shape index (κ1) is 7.82. The second kappa shape index (κ2) is 2.76. The normalized spacial score (nSPS) is 49.2. The van der Waals surface area contributed by atoms with Gasteiger partial charge in [-0.05, 0) is 0 Å². The van der Waals surface area contributed by atoms with Gasteiger partial charge in [0.1, 0.15) is 18.5 Å². The van der Waals surface area contributed by atoms with Crippen LogP contribution in [0.1, 0.15) is 6.42 Å². The van der Waals surface area contributed by atoms with Crippen LogP contribution in [0, 0.1) is 6.42 Å². The molecule has 0 nitrogen and oxygen atoms in total. The summed E-state index contributed by atoms with van der Waals surface area (Å²) in [5, 5.41) is 0. The molecule has 0 saturated heterocycles. The van der Waals surface area contributed by atoms with Gasteiger partial charge in [-0.2, -0.15) is 0 Å². The van der Waals surface area contributed by atoms with Gasteiger partial charge in [0.2, 0.25) is 0 Å². The molecule has 4 unspecified atom stereocenters. The van der Waals surface area contributed by atoms with Gasteiger partial charge in [-0.1, -0.05) is 0 Å². The van der Waals surface area contributed by atoms with Crippen LogP contribution in [0.2, 0.25) is 0 Å². The monoisotopic (exact) mass is 155 g/mol. The predicted molar refractivity (Wildman–Crippen MR) is 28.5 cm³/mol. The zero-order valence-electron chi connectivity index (χ0n) is 5.11. The van der Waals surface area contributed by atoms with Crippen LogP contribution in [0.25, 0.3) is 0 Å². The summed E-state index contributed by atoms with van der Waals surface area (Å²) in [5.41, 5.74) is 0. The molecular formula is C6H7F4. The van der Waals surface area contributed by atoms with Crippen molar-refractivity contribution in [1.29, 1.82) is 0 Å². The zero-order valence-corrected chi connectivity index (χ0v) is 5.11. The number of hydrogen-bond acceptors (Lipinski definition) is 0. The molecule has 59 valence electrons. The maximum absolute atomic E-state index is 12.2. The summed E-state index contributed by atoms with van der Waals surface area (Å²) < 4.78 is 48.7. The first-order chi connectivity index (χ1) is 4.61. The van der Waals surface area contributed by atoms with E-state index in [1.54, 1.807) is 0 Å². The van der Waals surface area contributed by atoms with Crippen LogP contribution in [0.3, 0.4) is 0 Å². The highest BCUT2D eigenvalue weighted by molar-refractivity contribution is 4.98. The van der Waals surface area contributed by atoms with Crippen molar-refractivity contribution in [1.82, 2.24) is 0 Å². The Bertz CT molecular complexity index is 104. The van der Waals surface area contributed by atoms with E-state index in [-0.39, 0.29) is 0 Å². The van der Waals surface area contributed by atoms with E-state index in [0.29, 0.717) is 6.42 Å². The van der Waals surface area contributed by atoms with Crippen LogP contribution in [0.5, 0.6) is 0 Å². The fourth-order valence-electron chi connectivity index (χ4n) is 0.929. The Morgan fingerprint density at radius 3 is 2.20 bits per heavy atom. The van der Waals surface area contributed by atoms with Crippen molar-refractivity contribution in [3.63, 3.8) is 0 Å². The second-order valence-electron chi connectivity index (χ2n) is 2.35. The minimum atomic E-state index is -2.17. The fraction of sp³-hybridized carbons (Fsp3) is 0.833. The van der Waals surface area contributed by atoms with Gasteiger partial charge in [0.25, 0.3) is 0 Å². The highest BCUT2D eigenvalue weighted by Gasteiger charge is 2.38. The molecule has 4 atom stereocenters. The van der Waals surface area contributed by atoms with E-state index in [1.165, 1.54) is 0 Å². The van der Waals surface area contributed by atoms with Crippen LogP contribution in [0.15, 0.2) is 0 Å². The van der Waals surface area contributed by atoms with Gasteiger partial charge in [-0.15, -0.1) is 0 Å². The van der Waals surface area contributed by atoms with Gasteiger partial charge < -0.3 is 0 Å². The number of alkyl halides is 4. The van der Waals surface area contributed by atoms with Crippen LogP contribution in [-0.2, 0) is 0 Å². The molecule has 1 saturated carbocycles. The first-order valence-electron chi connectivity index (χ1n) is 3.02. The summed E-state index contributed by atoms with van der Waals surface area (Å²) in [4.78, 5) is 0.